The van der Waals surface area contributed by atoms with Gasteiger partial charge in [-0.05, 0) is 106 Å². The quantitative estimate of drug-likeness (QED) is 0.315. The fourth-order valence-electron chi connectivity index (χ4n) is 5.65. The van der Waals surface area contributed by atoms with Crippen molar-refractivity contribution in [1.82, 2.24) is 14.9 Å². The number of anilines is 1. The highest BCUT2D eigenvalue weighted by molar-refractivity contribution is 7.80. The minimum Gasteiger partial charge on any atom is -0.497 e. The van der Waals surface area contributed by atoms with E-state index in [0.717, 1.165) is 17.1 Å². The van der Waals surface area contributed by atoms with E-state index in [2.05, 4.69) is 85.8 Å². The zero-order valence-electron chi connectivity index (χ0n) is 21.7. The second-order valence-electron chi connectivity index (χ2n) is 9.60. The molecule has 2 aromatic carbocycles. The average molecular weight is 497 g/mol. The first-order valence-corrected chi connectivity index (χ1v) is 12.6. The van der Waals surface area contributed by atoms with Crippen molar-refractivity contribution in [3.63, 3.8) is 0 Å². The maximum atomic E-state index is 5.92. The molecule has 0 amide bonds. The second kappa shape index (κ2) is 9.43. The zero-order chi connectivity index (χ0) is 25.6. The van der Waals surface area contributed by atoms with Crippen molar-refractivity contribution in [2.45, 2.75) is 46.7 Å². The summed E-state index contributed by atoms with van der Waals surface area (Å²) in [5, 5.41) is 4.26. The smallest absolute Gasteiger partial charge is 0.174 e. The molecule has 2 aromatic heterocycles. The van der Waals surface area contributed by atoms with Crippen molar-refractivity contribution >= 4 is 23.0 Å². The molecule has 1 aliphatic heterocycles. The first kappa shape index (κ1) is 24.1. The van der Waals surface area contributed by atoms with Crippen molar-refractivity contribution in [2.75, 3.05) is 12.0 Å². The van der Waals surface area contributed by atoms with Crippen LogP contribution in [0.15, 0.2) is 66.9 Å². The van der Waals surface area contributed by atoms with Crippen molar-refractivity contribution in [1.29, 1.82) is 0 Å². The van der Waals surface area contributed by atoms with E-state index in [-0.39, 0.29) is 12.1 Å². The largest absolute Gasteiger partial charge is 0.497 e. The van der Waals surface area contributed by atoms with E-state index in [1.807, 2.05) is 30.5 Å². The van der Waals surface area contributed by atoms with Gasteiger partial charge in [0.2, 0.25) is 0 Å². The fourth-order valence-corrected chi connectivity index (χ4v) is 5.99. The number of ether oxygens (including phenoxy) is 1. The summed E-state index contributed by atoms with van der Waals surface area (Å²) in [5.74, 6) is 0.818. The highest BCUT2D eigenvalue weighted by atomic mass is 32.1. The number of thiocarbonyl (C=S) groups is 1. The van der Waals surface area contributed by atoms with Crippen LogP contribution in [-0.2, 0) is 0 Å². The molecule has 184 valence electrons. The summed E-state index contributed by atoms with van der Waals surface area (Å²) in [5.41, 5.74) is 10.7. The van der Waals surface area contributed by atoms with Gasteiger partial charge in [0, 0.05) is 23.3 Å². The molecule has 5 nitrogen and oxygen atoms in total. The van der Waals surface area contributed by atoms with Crippen LogP contribution in [0.3, 0.4) is 0 Å². The molecule has 5 rings (SSSR count). The van der Waals surface area contributed by atoms with E-state index in [9.17, 15) is 0 Å². The van der Waals surface area contributed by atoms with Crippen molar-refractivity contribution < 1.29 is 4.74 Å². The Kier molecular flexibility index (Phi) is 6.31. The Morgan fingerprint density at radius 2 is 1.61 bits per heavy atom. The molecule has 36 heavy (non-hydrogen) atoms. The topological polar surface area (TPSA) is 42.3 Å². The molecule has 1 N–H and O–H groups in total. The van der Waals surface area contributed by atoms with Gasteiger partial charge in [0.15, 0.2) is 5.11 Å². The number of rotatable bonds is 5. The van der Waals surface area contributed by atoms with Gasteiger partial charge in [-0.2, -0.15) is 0 Å². The summed E-state index contributed by atoms with van der Waals surface area (Å²) >= 11 is 5.92. The first-order valence-electron chi connectivity index (χ1n) is 12.2. The van der Waals surface area contributed by atoms with Gasteiger partial charge in [-0.25, -0.2) is 0 Å². The van der Waals surface area contributed by atoms with Crippen LogP contribution in [-0.4, -0.2) is 21.8 Å². The number of pyridine rings is 1. The normalized spacial score (nSPS) is 17.4. The molecule has 0 aliphatic carbocycles. The first-order chi connectivity index (χ1) is 17.3. The number of aromatic nitrogens is 2. The number of aryl methyl sites for hydroxylation is 4. The molecule has 0 saturated carbocycles. The predicted molar refractivity (Wildman–Crippen MR) is 150 cm³/mol. The Labute approximate surface area is 218 Å². The Morgan fingerprint density at radius 3 is 2.22 bits per heavy atom. The molecule has 1 aliphatic rings. The van der Waals surface area contributed by atoms with E-state index >= 15 is 0 Å². The fraction of sp³-hybridized carbons (Fsp3) is 0.267. The van der Waals surface area contributed by atoms with Crippen molar-refractivity contribution in [3.05, 3.63) is 106 Å². The zero-order valence-corrected chi connectivity index (χ0v) is 22.5. The molecule has 6 heteroatoms. The lowest BCUT2D eigenvalue weighted by Gasteiger charge is -2.28. The molecular weight excluding hydrogens is 464 g/mol. The molecule has 4 aromatic rings. The Balaban J connectivity index is 1.69. The minimum absolute atomic E-state index is 0.0631. The third kappa shape index (κ3) is 4.05. The van der Waals surface area contributed by atoms with E-state index in [4.69, 9.17) is 21.9 Å². The summed E-state index contributed by atoms with van der Waals surface area (Å²) in [4.78, 5) is 6.92. The van der Waals surface area contributed by atoms with Gasteiger partial charge in [-0.3, -0.25) is 4.98 Å². The van der Waals surface area contributed by atoms with Gasteiger partial charge in [0.25, 0.3) is 0 Å². The van der Waals surface area contributed by atoms with Gasteiger partial charge in [-0.15, -0.1) is 0 Å². The summed E-state index contributed by atoms with van der Waals surface area (Å²) in [6.07, 6.45) is 1.84. The van der Waals surface area contributed by atoms with Gasteiger partial charge in [0.05, 0.1) is 30.6 Å². The number of methoxy groups -OCH3 is 1. The summed E-state index contributed by atoms with van der Waals surface area (Å²) in [6, 6.07) is 20.8. The van der Waals surface area contributed by atoms with Crippen LogP contribution in [0, 0.1) is 34.6 Å². The van der Waals surface area contributed by atoms with E-state index in [1.54, 1.807) is 7.11 Å². The lowest BCUT2D eigenvalue weighted by atomic mass is 9.96. The highest BCUT2D eigenvalue weighted by Gasteiger charge is 2.42. The molecule has 0 bridgehead atoms. The molecule has 1 fully saturated rings. The number of nitrogens with one attached hydrogen (secondary N) is 1. The van der Waals surface area contributed by atoms with Crippen LogP contribution in [0.5, 0.6) is 5.75 Å². The van der Waals surface area contributed by atoms with Gasteiger partial charge >= 0.3 is 0 Å². The Hall–Kier alpha value is -3.64. The number of hydrogen-bond donors (Lipinski definition) is 1. The van der Waals surface area contributed by atoms with Gasteiger partial charge in [0.1, 0.15) is 5.75 Å². The molecule has 0 radical (unpaired) electrons. The Morgan fingerprint density at radius 1 is 0.917 bits per heavy atom. The lowest BCUT2D eigenvalue weighted by molar-refractivity contribution is 0.415. The predicted octanol–water partition coefficient (Wildman–Crippen LogP) is 6.60. The molecule has 1 saturated heterocycles. The maximum absolute atomic E-state index is 5.92. The highest BCUT2D eigenvalue weighted by Crippen LogP contribution is 2.44. The lowest BCUT2D eigenvalue weighted by Crippen LogP contribution is -2.29. The van der Waals surface area contributed by atoms with Crippen molar-refractivity contribution in [2.24, 2.45) is 0 Å². The number of nitrogens with zero attached hydrogens (tertiary/aromatic N) is 3. The molecule has 0 unspecified atom stereocenters. The summed E-state index contributed by atoms with van der Waals surface area (Å²) < 4.78 is 7.79. The minimum atomic E-state index is -0.0880. The summed E-state index contributed by atoms with van der Waals surface area (Å²) in [6.45, 7) is 10.9. The van der Waals surface area contributed by atoms with Crippen LogP contribution in [0.4, 0.5) is 5.69 Å². The maximum Gasteiger partial charge on any atom is 0.174 e. The molecule has 3 heterocycles. The summed E-state index contributed by atoms with van der Waals surface area (Å²) in [7, 11) is 1.68. The monoisotopic (exact) mass is 496 g/mol. The van der Waals surface area contributed by atoms with E-state index in [1.165, 1.54) is 39.3 Å². The van der Waals surface area contributed by atoms with E-state index in [0.29, 0.717) is 5.11 Å². The molecular formula is C30H32N4OS. The molecule has 2 atom stereocenters. The van der Waals surface area contributed by atoms with E-state index < -0.39 is 0 Å². The van der Waals surface area contributed by atoms with Crippen molar-refractivity contribution in [3.8, 4) is 11.4 Å². The van der Waals surface area contributed by atoms with Crippen LogP contribution < -0.4 is 15.0 Å². The SMILES string of the molecule is COc1ccc(N2C(=S)N[C@@H](c3ccccn3)[C@@H]2c2cc(C)n(-c3c(C)cc(C)cc3C)c2C)cc1. The van der Waals surface area contributed by atoms with Gasteiger partial charge < -0.3 is 19.5 Å². The third-order valence-electron chi connectivity index (χ3n) is 7.10. The third-order valence-corrected chi connectivity index (χ3v) is 7.41. The standard InChI is InChI=1S/C30H32N4OS/c1-18-15-19(2)28(20(3)16-18)33-21(4)17-25(22(33)5)29-27(26-9-7-8-14-31-26)32-30(36)34(29)23-10-12-24(35-6)13-11-23/h7-17,27,29H,1-6H3,(H,32,36)/t27-,29-/m0/s1. The number of benzene rings is 2. The van der Waals surface area contributed by atoms with Crippen LogP contribution in [0.25, 0.3) is 5.69 Å². The van der Waals surface area contributed by atoms with Gasteiger partial charge in [-0.1, -0.05) is 23.8 Å². The van der Waals surface area contributed by atoms with Crippen LogP contribution in [0.2, 0.25) is 0 Å². The molecule has 0 spiro atoms. The second-order valence-corrected chi connectivity index (χ2v) is 9.99. The van der Waals surface area contributed by atoms with Crippen LogP contribution in [0.1, 0.15) is 51.4 Å². The average Bonchev–Trinajstić information content (AvgIpc) is 3.35. The Bertz CT molecular complexity index is 1400. The van der Waals surface area contributed by atoms with Crippen LogP contribution >= 0.6 is 12.2 Å². The number of hydrogen-bond acceptors (Lipinski definition) is 3.